The Morgan fingerprint density at radius 2 is 1.00 bits per heavy atom. The first-order valence-corrected chi connectivity index (χ1v) is 20.6. The molecule has 0 aromatic heterocycles. The largest absolute Gasteiger partial charge is 0.493 e. The van der Waals surface area contributed by atoms with Crippen molar-refractivity contribution < 1.29 is 103 Å². The molecule has 4 fully saturated rings. The first-order chi connectivity index (χ1) is 30.8. The minimum atomic E-state index is -1.67. The van der Waals surface area contributed by atoms with Crippen molar-refractivity contribution in [1.29, 1.82) is 0 Å². The minimum Gasteiger partial charge on any atom is -0.493 e. The first kappa shape index (κ1) is 47.7. The van der Waals surface area contributed by atoms with Crippen LogP contribution in [0.5, 0.6) is 40.2 Å². The Bertz CT molecular complexity index is 1990. The second kappa shape index (κ2) is 20.5. The molecule has 0 unspecified atom stereocenters. The Morgan fingerprint density at radius 3 is 1.47 bits per heavy atom. The van der Waals surface area contributed by atoms with Crippen molar-refractivity contribution in [2.24, 2.45) is 11.8 Å². The van der Waals surface area contributed by atoms with E-state index in [4.69, 9.17) is 52.1 Å². The molecule has 0 amide bonds. The smallest absolute Gasteiger partial charge is 0.229 e. The van der Waals surface area contributed by atoms with Crippen LogP contribution in [0.25, 0.3) is 0 Å². The number of rotatable bonds is 17. The molecule has 21 nitrogen and oxygen atoms in total. The quantitative estimate of drug-likeness (QED) is 0.0747. The van der Waals surface area contributed by atoms with E-state index in [0.717, 1.165) is 5.56 Å². The van der Waals surface area contributed by atoms with Crippen molar-refractivity contribution >= 4 is 0 Å². The van der Waals surface area contributed by atoms with Crippen LogP contribution in [0.3, 0.4) is 0 Å². The molecule has 4 heterocycles. The molecule has 3 aromatic carbocycles. The van der Waals surface area contributed by atoms with Crippen LogP contribution in [0, 0.1) is 11.8 Å². The first-order valence-electron chi connectivity index (χ1n) is 20.6. The van der Waals surface area contributed by atoms with Gasteiger partial charge < -0.3 is 103 Å². The Labute approximate surface area is 367 Å². The van der Waals surface area contributed by atoms with Crippen molar-refractivity contribution in [2.75, 3.05) is 61.5 Å². The summed E-state index contributed by atoms with van der Waals surface area (Å²) in [6, 6.07) is 12.8. The fraction of sp³-hybridized carbons (Fsp3) is 0.581. The summed E-state index contributed by atoms with van der Waals surface area (Å²) < 4.78 is 64.0. The van der Waals surface area contributed by atoms with Gasteiger partial charge in [-0.15, -0.1) is 0 Å². The highest BCUT2D eigenvalue weighted by atomic mass is 16.7. The van der Waals surface area contributed by atoms with Gasteiger partial charge in [0.15, 0.2) is 40.6 Å². The van der Waals surface area contributed by atoms with Gasteiger partial charge in [0, 0.05) is 11.8 Å². The normalized spacial score (nSPS) is 33.5. The topological polar surface area (TPSA) is 304 Å². The van der Waals surface area contributed by atoms with E-state index in [-0.39, 0.29) is 57.6 Å². The van der Waals surface area contributed by atoms with Crippen molar-refractivity contribution in [3.63, 3.8) is 0 Å². The van der Waals surface area contributed by atoms with Crippen molar-refractivity contribution in [3.8, 4) is 40.2 Å². The predicted octanol–water partition coefficient (Wildman–Crippen LogP) is -1.37. The lowest BCUT2D eigenvalue weighted by atomic mass is 9.84. The fourth-order valence-electron chi connectivity index (χ4n) is 8.49. The van der Waals surface area contributed by atoms with Gasteiger partial charge in [-0.1, -0.05) is 12.1 Å². The van der Waals surface area contributed by atoms with Gasteiger partial charge in [0.1, 0.15) is 54.9 Å². The van der Waals surface area contributed by atoms with Gasteiger partial charge in [-0.3, -0.25) is 0 Å². The summed E-state index contributed by atoms with van der Waals surface area (Å²) in [5.41, 5.74) is 1.69. The predicted molar refractivity (Wildman–Crippen MR) is 215 cm³/mol. The Kier molecular flexibility index (Phi) is 15.2. The van der Waals surface area contributed by atoms with Crippen LogP contribution in [0.15, 0.2) is 48.5 Å². The molecule has 0 saturated carbocycles. The SMILES string of the molecule is COc1cc([C@@H](O)[C@@H](CO)Oc2c(OC)cc([C@H]3OC[C@H]4[C@@H]3CO[C@@H]4c3ccc(O[C@@H]4O[C@H](CO)[C@@H](O)[C@H](O)[C@H]4O)c(OC)c3)cc2OC)ccc1O[C@@H]1O[C@H](CO)[C@@H](O)[C@H](O)[C@H]1O. The Hall–Kier alpha value is -4.30. The molecular formula is C43H56O21. The fourth-order valence-corrected chi connectivity index (χ4v) is 8.49. The van der Waals surface area contributed by atoms with Gasteiger partial charge in [0.05, 0.1) is 73.7 Å². The molecule has 16 atom stereocenters. The average Bonchev–Trinajstić information content (AvgIpc) is 3.94. The van der Waals surface area contributed by atoms with Gasteiger partial charge in [-0.2, -0.15) is 0 Å². The zero-order valence-electron chi connectivity index (χ0n) is 35.4. The standard InChI is InChI=1S/C43H56O21/c1-54-25-9-18(5-7-23(25)61-42-37(52)35(50)33(48)30(14-45)63-42)32(47)29(13-44)60-41-27(56-3)11-20(12-28(41)57-4)40-22-17-58-39(21(22)16-59-40)19-6-8-24(26(10-19)55-2)62-43-38(53)36(51)34(49)31(15-46)64-43/h5-12,21-22,29-40,42-53H,13-17H2,1-4H3/t21-,22-,29+,30+,31+,32+,33+,34+,35-,36-,37+,38+,39+,40+,42+,43+/m0/s1. The third-order valence-electron chi connectivity index (χ3n) is 12.1. The lowest BCUT2D eigenvalue weighted by Crippen LogP contribution is -2.60. The summed E-state index contributed by atoms with van der Waals surface area (Å²) in [7, 11) is 5.63. The van der Waals surface area contributed by atoms with Gasteiger partial charge in [-0.05, 0) is 53.1 Å². The van der Waals surface area contributed by atoms with Crippen LogP contribution in [-0.4, -0.2) is 180 Å². The van der Waals surface area contributed by atoms with Crippen molar-refractivity contribution in [3.05, 3.63) is 65.2 Å². The van der Waals surface area contributed by atoms with Crippen LogP contribution in [-0.2, 0) is 18.9 Å². The third kappa shape index (κ3) is 9.24. The molecule has 0 spiro atoms. The zero-order valence-corrected chi connectivity index (χ0v) is 35.4. The molecule has 7 rings (SSSR count). The summed E-state index contributed by atoms with van der Waals surface area (Å²) in [6.45, 7) is -1.23. The monoisotopic (exact) mass is 908 g/mol. The van der Waals surface area contributed by atoms with E-state index in [2.05, 4.69) is 0 Å². The lowest BCUT2D eigenvalue weighted by Gasteiger charge is -2.39. The highest BCUT2D eigenvalue weighted by molar-refractivity contribution is 5.55. The summed E-state index contributed by atoms with van der Waals surface area (Å²) >= 11 is 0. The summed E-state index contributed by atoms with van der Waals surface area (Å²) in [5, 5.41) is 103. The molecule has 354 valence electrons. The highest BCUT2D eigenvalue weighted by Gasteiger charge is 2.50. The van der Waals surface area contributed by atoms with E-state index in [1.54, 1.807) is 30.3 Å². The Balaban J connectivity index is 1.04. The summed E-state index contributed by atoms with van der Waals surface area (Å²) in [4.78, 5) is 0. The number of aliphatic hydroxyl groups excluding tert-OH is 10. The molecular weight excluding hydrogens is 852 g/mol. The maximum atomic E-state index is 11.5. The van der Waals surface area contributed by atoms with Crippen LogP contribution >= 0.6 is 0 Å². The number of hydrogen-bond donors (Lipinski definition) is 10. The summed E-state index contributed by atoms with van der Waals surface area (Å²) in [5.74, 6) is 0.911. The van der Waals surface area contributed by atoms with E-state index < -0.39 is 106 Å². The van der Waals surface area contributed by atoms with E-state index in [1.807, 2.05) is 0 Å². The van der Waals surface area contributed by atoms with Crippen LogP contribution in [0.2, 0.25) is 0 Å². The number of benzene rings is 3. The molecule has 4 saturated heterocycles. The van der Waals surface area contributed by atoms with E-state index >= 15 is 0 Å². The summed E-state index contributed by atoms with van der Waals surface area (Å²) in [6.07, 6.45) is -18.5. The van der Waals surface area contributed by atoms with Gasteiger partial charge >= 0.3 is 0 Å². The zero-order chi connectivity index (χ0) is 46.0. The minimum absolute atomic E-state index is 0.0379. The lowest BCUT2D eigenvalue weighted by molar-refractivity contribution is -0.277. The molecule has 4 aliphatic rings. The molecule has 3 aromatic rings. The number of aliphatic hydroxyl groups is 10. The second-order valence-corrected chi connectivity index (χ2v) is 15.8. The molecule has 0 aliphatic carbocycles. The van der Waals surface area contributed by atoms with Crippen molar-refractivity contribution in [2.45, 2.75) is 85.8 Å². The second-order valence-electron chi connectivity index (χ2n) is 15.8. The molecule has 0 bridgehead atoms. The van der Waals surface area contributed by atoms with Gasteiger partial charge in [-0.25, -0.2) is 0 Å². The number of methoxy groups -OCH3 is 4. The van der Waals surface area contributed by atoms with Crippen LogP contribution in [0.1, 0.15) is 35.0 Å². The third-order valence-corrected chi connectivity index (χ3v) is 12.1. The van der Waals surface area contributed by atoms with Crippen LogP contribution < -0.4 is 33.2 Å². The van der Waals surface area contributed by atoms with Gasteiger partial charge in [0.25, 0.3) is 0 Å². The molecule has 21 heteroatoms. The Morgan fingerprint density at radius 1 is 0.547 bits per heavy atom. The average molecular weight is 909 g/mol. The highest BCUT2D eigenvalue weighted by Crippen LogP contribution is 2.53. The molecule has 0 radical (unpaired) electrons. The number of ether oxygens (including phenoxy) is 11. The maximum Gasteiger partial charge on any atom is 0.229 e. The number of fused-ring (bicyclic) bond motifs is 1. The van der Waals surface area contributed by atoms with E-state index in [0.29, 0.717) is 18.8 Å². The molecule has 64 heavy (non-hydrogen) atoms. The van der Waals surface area contributed by atoms with E-state index in [1.165, 1.54) is 46.6 Å². The van der Waals surface area contributed by atoms with Crippen LogP contribution in [0.4, 0.5) is 0 Å². The van der Waals surface area contributed by atoms with E-state index in [9.17, 15) is 51.1 Å². The molecule has 10 N–H and O–H groups in total. The molecule has 4 aliphatic heterocycles. The maximum absolute atomic E-state index is 11.5. The number of hydrogen-bond acceptors (Lipinski definition) is 21. The van der Waals surface area contributed by atoms with Crippen molar-refractivity contribution in [1.82, 2.24) is 0 Å². The van der Waals surface area contributed by atoms with Gasteiger partial charge in [0.2, 0.25) is 18.3 Å².